The number of carbonyl (C=O) groups excluding carboxylic acids is 1. The maximum Gasteiger partial charge on any atom is 0.243 e. The number of carbonyl (C=O) groups is 1. The highest BCUT2D eigenvalue weighted by atomic mass is 32.2. The van der Waals surface area contributed by atoms with Crippen molar-refractivity contribution in [1.29, 1.82) is 0 Å². The van der Waals surface area contributed by atoms with Gasteiger partial charge in [-0.15, -0.1) is 0 Å². The van der Waals surface area contributed by atoms with E-state index in [2.05, 4.69) is 16.2 Å². The molecule has 142 valence electrons. The van der Waals surface area contributed by atoms with E-state index in [1.54, 1.807) is 30.3 Å². The number of nitrogens with one attached hydrogen (secondary N) is 3. The lowest BCUT2D eigenvalue weighted by atomic mass is 9.83. The summed E-state index contributed by atoms with van der Waals surface area (Å²) in [7, 11) is -3.64. The molecular formula is C18H26N4O3S. The van der Waals surface area contributed by atoms with Gasteiger partial charge in [0, 0.05) is 25.2 Å². The predicted octanol–water partition coefficient (Wildman–Crippen LogP) is 0.601. The van der Waals surface area contributed by atoms with Crippen LogP contribution in [-0.4, -0.2) is 49.8 Å². The van der Waals surface area contributed by atoms with Crippen LogP contribution in [0.1, 0.15) is 32.1 Å². The molecule has 8 heteroatoms. The van der Waals surface area contributed by atoms with E-state index in [9.17, 15) is 13.2 Å². The number of rotatable bonds is 4. The maximum absolute atomic E-state index is 12.9. The van der Waals surface area contributed by atoms with Crippen LogP contribution in [0.3, 0.4) is 0 Å². The Morgan fingerprint density at radius 3 is 2.77 bits per heavy atom. The lowest BCUT2D eigenvalue weighted by Gasteiger charge is -2.32. The van der Waals surface area contributed by atoms with E-state index < -0.39 is 16.1 Å². The van der Waals surface area contributed by atoms with Crippen LogP contribution in [0.4, 0.5) is 0 Å². The third-order valence-corrected chi connectivity index (χ3v) is 7.76. The molecule has 0 bridgehead atoms. The monoisotopic (exact) mass is 378 g/mol. The molecule has 3 aliphatic rings. The molecule has 0 aromatic heterocycles. The smallest absolute Gasteiger partial charge is 0.243 e. The second-order valence-corrected chi connectivity index (χ2v) is 9.39. The fourth-order valence-electron chi connectivity index (χ4n) is 4.45. The zero-order valence-corrected chi connectivity index (χ0v) is 15.5. The Kier molecular flexibility index (Phi) is 5.00. The summed E-state index contributed by atoms with van der Waals surface area (Å²) in [6, 6.07) is 8.40. The van der Waals surface area contributed by atoms with Gasteiger partial charge >= 0.3 is 0 Å². The van der Waals surface area contributed by atoms with E-state index in [-0.39, 0.29) is 16.8 Å². The first kappa shape index (κ1) is 17.9. The summed E-state index contributed by atoms with van der Waals surface area (Å²) < 4.78 is 27.2. The van der Waals surface area contributed by atoms with Crippen LogP contribution in [0.5, 0.6) is 0 Å². The normalized spacial score (nSPS) is 32.3. The number of hydrazine groups is 1. The molecule has 4 rings (SSSR count). The van der Waals surface area contributed by atoms with E-state index in [0.29, 0.717) is 31.3 Å². The SMILES string of the molecule is O=C(NC1CCC2NNCC2C1)C1CCCN1S(=O)(=O)c1ccccc1. The number of nitrogens with zero attached hydrogens (tertiary/aromatic N) is 1. The summed E-state index contributed by atoms with van der Waals surface area (Å²) in [6.07, 6.45) is 4.20. The van der Waals surface area contributed by atoms with Crippen LogP contribution in [0, 0.1) is 5.92 Å². The van der Waals surface area contributed by atoms with Crippen molar-refractivity contribution in [1.82, 2.24) is 20.5 Å². The standard InChI is InChI=1S/C18H26N4O3S/c23-18(20-14-8-9-16-13(11-14)12-19-21-16)17-7-4-10-22(17)26(24,25)15-5-2-1-3-6-15/h1-3,5-6,13-14,16-17,19,21H,4,7-12H2,(H,20,23). The van der Waals surface area contributed by atoms with Crippen molar-refractivity contribution in [3.8, 4) is 0 Å². The van der Waals surface area contributed by atoms with Gasteiger partial charge < -0.3 is 5.32 Å². The van der Waals surface area contributed by atoms with E-state index >= 15 is 0 Å². The maximum atomic E-state index is 12.9. The van der Waals surface area contributed by atoms with Crippen molar-refractivity contribution in [2.24, 2.45) is 5.92 Å². The number of hydrogen-bond donors (Lipinski definition) is 3. The van der Waals surface area contributed by atoms with Crippen LogP contribution >= 0.6 is 0 Å². The topological polar surface area (TPSA) is 90.5 Å². The van der Waals surface area contributed by atoms with Gasteiger partial charge in [-0.05, 0) is 50.2 Å². The summed E-state index contributed by atoms with van der Waals surface area (Å²) in [5, 5.41) is 3.13. The van der Waals surface area contributed by atoms with Crippen molar-refractivity contribution in [3.05, 3.63) is 30.3 Å². The zero-order valence-electron chi connectivity index (χ0n) is 14.7. The van der Waals surface area contributed by atoms with Crippen molar-refractivity contribution in [3.63, 3.8) is 0 Å². The number of fused-ring (bicyclic) bond motifs is 1. The fraction of sp³-hybridized carbons (Fsp3) is 0.611. The molecule has 1 aromatic rings. The molecule has 3 N–H and O–H groups in total. The van der Waals surface area contributed by atoms with Gasteiger partial charge in [0.15, 0.2) is 0 Å². The van der Waals surface area contributed by atoms with Gasteiger partial charge in [0.2, 0.25) is 15.9 Å². The predicted molar refractivity (Wildman–Crippen MR) is 97.6 cm³/mol. The van der Waals surface area contributed by atoms with Gasteiger partial charge in [-0.2, -0.15) is 4.31 Å². The number of benzene rings is 1. The summed E-state index contributed by atoms with van der Waals surface area (Å²) in [4.78, 5) is 13.1. The van der Waals surface area contributed by atoms with Gasteiger partial charge in [-0.25, -0.2) is 8.42 Å². The van der Waals surface area contributed by atoms with Gasteiger partial charge in [0.1, 0.15) is 6.04 Å². The lowest BCUT2D eigenvalue weighted by Crippen LogP contribution is -2.51. The molecule has 0 radical (unpaired) electrons. The molecule has 1 amide bonds. The van der Waals surface area contributed by atoms with Crippen molar-refractivity contribution in [2.75, 3.05) is 13.1 Å². The van der Waals surface area contributed by atoms with Gasteiger partial charge in [-0.1, -0.05) is 18.2 Å². The highest BCUT2D eigenvalue weighted by molar-refractivity contribution is 7.89. The third kappa shape index (κ3) is 3.38. The molecule has 0 spiro atoms. The summed E-state index contributed by atoms with van der Waals surface area (Å²) in [6.45, 7) is 1.33. The highest BCUT2D eigenvalue weighted by Crippen LogP contribution is 2.29. The van der Waals surface area contributed by atoms with Crippen molar-refractivity contribution < 1.29 is 13.2 Å². The molecule has 1 saturated carbocycles. The van der Waals surface area contributed by atoms with Crippen LogP contribution < -0.4 is 16.2 Å². The molecule has 7 nitrogen and oxygen atoms in total. The molecule has 1 aliphatic carbocycles. The fourth-order valence-corrected chi connectivity index (χ4v) is 6.12. The molecular weight excluding hydrogens is 352 g/mol. The molecule has 4 unspecified atom stereocenters. The second kappa shape index (κ2) is 7.26. The van der Waals surface area contributed by atoms with E-state index in [0.717, 1.165) is 25.8 Å². The first-order valence-corrected chi connectivity index (χ1v) is 10.9. The molecule has 3 fully saturated rings. The molecule has 2 heterocycles. The summed E-state index contributed by atoms with van der Waals surface area (Å²) >= 11 is 0. The summed E-state index contributed by atoms with van der Waals surface area (Å²) in [5.41, 5.74) is 6.47. The van der Waals surface area contributed by atoms with Crippen LogP contribution in [0.25, 0.3) is 0 Å². The molecule has 1 aromatic carbocycles. The number of hydrogen-bond acceptors (Lipinski definition) is 5. The van der Waals surface area contributed by atoms with Crippen molar-refractivity contribution in [2.45, 2.75) is 55.1 Å². The van der Waals surface area contributed by atoms with Gasteiger partial charge in [0.25, 0.3) is 0 Å². The quantitative estimate of drug-likeness (QED) is 0.714. The Morgan fingerprint density at radius 1 is 1.15 bits per heavy atom. The van der Waals surface area contributed by atoms with Crippen LogP contribution in [0.15, 0.2) is 35.2 Å². The minimum atomic E-state index is -3.64. The molecule has 2 aliphatic heterocycles. The molecule has 2 saturated heterocycles. The van der Waals surface area contributed by atoms with E-state index in [4.69, 9.17) is 0 Å². The Morgan fingerprint density at radius 2 is 1.96 bits per heavy atom. The number of sulfonamides is 1. The minimum Gasteiger partial charge on any atom is -0.352 e. The van der Waals surface area contributed by atoms with Crippen LogP contribution in [-0.2, 0) is 14.8 Å². The third-order valence-electron chi connectivity index (χ3n) is 5.84. The first-order chi connectivity index (χ1) is 12.6. The Hall–Kier alpha value is -1.48. The van der Waals surface area contributed by atoms with E-state index in [1.807, 2.05) is 0 Å². The molecule has 26 heavy (non-hydrogen) atoms. The average Bonchev–Trinajstić information content (AvgIpc) is 3.31. The Bertz CT molecular complexity index is 755. The average molecular weight is 378 g/mol. The zero-order chi connectivity index (χ0) is 18.1. The Balaban J connectivity index is 1.44. The van der Waals surface area contributed by atoms with Crippen molar-refractivity contribution >= 4 is 15.9 Å². The minimum absolute atomic E-state index is 0.132. The summed E-state index contributed by atoms with van der Waals surface area (Å²) in [5.74, 6) is 0.381. The lowest BCUT2D eigenvalue weighted by molar-refractivity contribution is -0.125. The van der Waals surface area contributed by atoms with Gasteiger partial charge in [-0.3, -0.25) is 15.6 Å². The Labute approximate surface area is 154 Å². The number of amides is 1. The first-order valence-electron chi connectivity index (χ1n) is 9.41. The molecule has 4 atom stereocenters. The van der Waals surface area contributed by atoms with Gasteiger partial charge in [0.05, 0.1) is 4.90 Å². The second-order valence-electron chi connectivity index (χ2n) is 7.50. The highest BCUT2D eigenvalue weighted by Gasteiger charge is 2.41. The van der Waals surface area contributed by atoms with Crippen LogP contribution in [0.2, 0.25) is 0 Å². The van der Waals surface area contributed by atoms with E-state index in [1.165, 1.54) is 4.31 Å². The largest absolute Gasteiger partial charge is 0.352 e.